The van der Waals surface area contributed by atoms with Crippen LogP contribution in [0.15, 0.2) is 18.2 Å². The molecule has 0 saturated heterocycles. The fraction of sp³-hybridized carbons (Fsp3) is 0.500. The average Bonchev–Trinajstić information content (AvgIpc) is 2.44. The largest absolute Gasteiger partial charge is 0.486 e. The summed E-state index contributed by atoms with van der Waals surface area (Å²) in [6.07, 6.45) is 0.478. The molecule has 1 aliphatic heterocycles. The molecule has 1 amide bonds. The van der Waals surface area contributed by atoms with Gasteiger partial charge in [0.15, 0.2) is 11.5 Å². The van der Waals surface area contributed by atoms with Gasteiger partial charge in [-0.3, -0.25) is 4.79 Å². The van der Waals surface area contributed by atoms with Crippen LogP contribution in [0.1, 0.15) is 24.9 Å². The molecular weight excluding hydrogens is 280 g/mol. The van der Waals surface area contributed by atoms with E-state index in [0.29, 0.717) is 26.2 Å². The molecule has 1 aromatic rings. The first-order valence-corrected chi connectivity index (χ1v) is 6.54. The minimum absolute atomic E-state index is 0. The molecule has 0 aromatic heterocycles. The van der Waals surface area contributed by atoms with Crippen molar-refractivity contribution in [1.82, 2.24) is 10.6 Å². The maximum absolute atomic E-state index is 11.7. The SMILES string of the molecule is CNCCC(=O)NC(C)c1ccc2c(c1)OCCO2.Cl. The lowest BCUT2D eigenvalue weighted by Crippen LogP contribution is -2.29. The molecule has 0 spiro atoms. The highest BCUT2D eigenvalue weighted by Crippen LogP contribution is 2.32. The second-order valence-corrected chi connectivity index (χ2v) is 4.55. The van der Waals surface area contributed by atoms with Gasteiger partial charge in [0, 0.05) is 13.0 Å². The van der Waals surface area contributed by atoms with Gasteiger partial charge >= 0.3 is 0 Å². The summed E-state index contributed by atoms with van der Waals surface area (Å²) >= 11 is 0. The van der Waals surface area contributed by atoms with Crippen LogP contribution >= 0.6 is 12.4 Å². The molecule has 5 nitrogen and oxygen atoms in total. The van der Waals surface area contributed by atoms with Gasteiger partial charge in [0.2, 0.25) is 5.91 Å². The molecule has 1 unspecified atom stereocenters. The molecule has 2 rings (SSSR count). The monoisotopic (exact) mass is 300 g/mol. The highest BCUT2D eigenvalue weighted by atomic mass is 35.5. The van der Waals surface area contributed by atoms with E-state index in [2.05, 4.69) is 10.6 Å². The summed E-state index contributed by atoms with van der Waals surface area (Å²) in [4.78, 5) is 11.7. The van der Waals surface area contributed by atoms with Crippen LogP contribution in [0.2, 0.25) is 0 Å². The molecule has 0 fully saturated rings. The van der Waals surface area contributed by atoms with Gasteiger partial charge in [-0.2, -0.15) is 0 Å². The molecule has 0 saturated carbocycles. The normalized spacial score (nSPS) is 14.1. The van der Waals surface area contributed by atoms with E-state index in [1.807, 2.05) is 32.2 Å². The summed E-state index contributed by atoms with van der Waals surface area (Å²) < 4.78 is 11.0. The Hall–Kier alpha value is -1.46. The van der Waals surface area contributed by atoms with Crippen LogP contribution in [0.5, 0.6) is 11.5 Å². The van der Waals surface area contributed by atoms with E-state index < -0.39 is 0 Å². The second-order valence-electron chi connectivity index (χ2n) is 4.55. The van der Waals surface area contributed by atoms with Crippen LogP contribution in [0.3, 0.4) is 0 Å². The molecule has 112 valence electrons. The van der Waals surface area contributed by atoms with Gasteiger partial charge in [-0.1, -0.05) is 6.07 Å². The van der Waals surface area contributed by atoms with Crippen LogP contribution in [0.25, 0.3) is 0 Å². The lowest BCUT2D eigenvalue weighted by molar-refractivity contribution is -0.121. The van der Waals surface area contributed by atoms with Crippen LogP contribution in [-0.2, 0) is 4.79 Å². The quantitative estimate of drug-likeness (QED) is 0.868. The number of carbonyl (C=O) groups excluding carboxylic acids is 1. The zero-order chi connectivity index (χ0) is 13.7. The van der Waals surface area contributed by atoms with E-state index in [1.165, 1.54) is 0 Å². The number of fused-ring (bicyclic) bond motifs is 1. The Morgan fingerprint density at radius 3 is 2.70 bits per heavy atom. The second kappa shape index (κ2) is 7.97. The summed E-state index contributed by atoms with van der Waals surface area (Å²) in [6, 6.07) is 5.73. The van der Waals surface area contributed by atoms with E-state index >= 15 is 0 Å². The van der Waals surface area contributed by atoms with Gasteiger partial charge < -0.3 is 20.1 Å². The number of halogens is 1. The summed E-state index contributed by atoms with van der Waals surface area (Å²) in [7, 11) is 1.83. The molecule has 1 aliphatic rings. The summed E-state index contributed by atoms with van der Waals surface area (Å²) in [5.41, 5.74) is 1.02. The third-order valence-electron chi connectivity index (χ3n) is 3.05. The molecule has 0 bridgehead atoms. The van der Waals surface area contributed by atoms with Gasteiger partial charge in [0.05, 0.1) is 6.04 Å². The first-order chi connectivity index (χ1) is 9.20. The van der Waals surface area contributed by atoms with Crippen LogP contribution < -0.4 is 20.1 Å². The van der Waals surface area contributed by atoms with Gasteiger partial charge in [0.1, 0.15) is 13.2 Å². The lowest BCUT2D eigenvalue weighted by Gasteiger charge is -2.21. The molecule has 1 atom stereocenters. The van der Waals surface area contributed by atoms with Crippen molar-refractivity contribution >= 4 is 18.3 Å². The van der Waals surface area contributed by atoms with Gasteiger partial charge in [-0.15, -0.1) is 12.4 Å². The lowest BCUT2D eigenvalue weighted by atomic mass is 10.1. The first-order valence-electron chi connectivity index (χ1n) is 6.54. The molecule has 1 aromatic carbocycles. The van der Waals surface area contributed by atoms with E-state index in [4.69, 9.17) is 9.47 Å². The molecule has 0 radical (unpaired) electrons. The van der Waals surface area contributed by atoms with Crippen molar-refractivity contribution in [3.8, 4) is 11.5 Å². The average molecular weight is 301 g/mol. The van der Waals surface area contributed by atoms with E-state index in [9.17, 15) is 4.79 Å². The summed E-state index contributed by atoms with van der Waals surface area (Å²) in [5, 5.41) is 5.92. The number of carbonyl (C=O) groups is 1. The Morgan fingerprint density at radius 2 is 2.00 bits per heavy atom. The number of nitrogens with one attached hydrogen (secondary N) is 2. The molecule has 1 heterocycles. The molecule has 0 aliphatic carbocycles. The Kier molecular flexibility index (Phi) is 6.61. The van der Waals surface area contributed by atoms with E-state index in [-0.39, 0.29) is 24.4 Å². The van der Waals surface area contributed by atoms with Crippen LogP contribution in [0.4, 0.5) is 0 Å². The smallest absolute Gasteiger partial charge is 0.221 e. The maximum atomic E-state index is 11.7. The fourth-order valence-corrected chi connectivity index (χ4v) is 1.96. The molecule has 6 heteroatoms. The van der Waals surface area contributed by atoms with Gasteiger partial charge in [-0.25, -0.2) is 0 Å². The number of hydrogen-bond acceptors (Lipinski definition) is 4. The number of hydrogen-bond donors (Lipinski definition) is 2. The third-order valence-corrected chi connectivity index (χ3v) is 3.05. The van der Waals surface area contributed by atoms with Crippen molar-refractivity contribution in [1.29, 1.82) is 0 Å². The van der Waals surface area contributed by atoms with E-state index in [0.717, 1.165) is 17.1 Å². The van der Waals surface area contributed by atoms with Crippen LogP contribution in [0, 0.1) is 0 Å². The minimum Gasteiger partial charge on any atom is -0.486 e. The first kappa shape index (κ1) is 16.6. The van der Waals surface area contributed by atoms with Crippen molar-refractivity contribution in [3.63, 3.8) is 0 Å². The highest BCUT2D eigenvalue weighted by Gasteiger charge is 2.15. The Balaban J connectivity index is 0.00000200. The van der Waals surface area contributed by atoms with Crippen molar-refractivity contribution in [2.45, 2.75) is 19.4 Å². The number of rotatable bonds is 5. The Bertz CT molecular complexity index is 454. The topological polar surface area (TPSA) is 59.6 Å². The fourth-order valence-electron chi connectivity index (χ4n) is 1.96. The standard InChI is InChI=1S/C14H20N2O3.ClH/c1-10(16-14(17)5-6-15-2)11-3-4-12-13(9-11)19-8-7-18-12;/h3-4,9-10,15H,5-8H2,1-2H3,(H,16,17);1H. The molecule has 20 heavy (non-hydrogen) atoms. The predicted molar refractivity (Wildman–Crippen MR) is 79.8 cm³/mol. The zero-order valence-corrected chi connectivity index (χ0v) is 12.6. The Morgan fingerprint density at radius 1 is 1.30 bits per heavy atom. The van der Waals surface area contributed by atoms with Gasteiger partial charge in [0.25, 0.3) is 0 Å². The van der Waals surface area contributed by atoms with E-state index in [1.54, 1.807) is 0 Å². The van der Waals surface area contributed by atoms with Gasteiger partial charge in [-0.05, 0) is 31.7 Å². The maximum Gasteiger partial charge on any atom is 0.221 e. The number of amides is 1. The van der Waals surface area contributed by atoms with Crippen molar-refractivity contribution in [3.05, 3.63) is 23.8 Å². The molecular formula is C14H21ClN2O3. The minimum atomic E-state index is -0.0415. The van der Waals surface area contributed by atoms with Crippen molar-refractivity contribution in [2.75, 3.05) is 26.8 Å². The third kappa shape index (κ3) is 4.28. The zero-order valence-electron chi connectivity index (χ0n) is 11.8. The number of ether oxygens (including phenoxy) is 2. The summed E-state index contributed by atoms with van der Waals surface area (Å²) in [6.45, 7) is 3.80. The Labute approximate surface area is 125 Å². The van der Waals surface area contributed by atoms with Crippen molar-refractivity contribution in [2.24, 2.45) is 0 Å². The number of benzene rings is 1. The molecule has 2 N–H and O–H groups in total. The van der Waals surface area contributed by atoms with Crippen LogP contribution in [-0.4, -0.2) is 32.7 Å². The van der Waals surface area contributed by atoms with Crippen molar-refractivity contribution < 1.29 is 14.3 Å². The predicted octanol–water partition coefficient (Wildman–Crippen LogP) is 1.67. The highest BCUT2D eigenvalue weighted by molar-refractivity contribution is 5.85. The summed E-state index contributed by atoms with van der Waals surface area (Å²) in [5.74, 6) is 1.56.